The molecule has 5 heteroatoms. The molecule has 2 fully saturated rings. The lowest BCUT2D eigenvalue weighted by Crippen LogP contribution is -2.35. The SMILES string of the molecule is C[C@H]1C(=O)O[C@@H]2[C@H]1CC[C@@](C)(O)/C=C/C(=O)C1(C)O[C@H]21. The maximum Gasteiger partial charge on any atom is 0.309 e. The minimum absolute atomic E-state index is 0.0138. The second kappa shape index (κ2) is 4.15. The summed E-state index contributed by atoms with van der Waals surface area (Å²) >= 11 is 0. The van der Waals surface area contributed by atoms with E-state index < -0.39 is 11.2 Å². The molecule has 2 heterocycles. The van der Waals surface area contributed by atoms with Gasteiger partial charge in [-0.05, 0) is 38.8 Å². The van der Waals surface area contributed by atoms with Gasteiger partial charge in [0.2, 0.25) is 0 Å². The number of rotatable bonds is 0. The second-order valence-electron chi connectivity index (χ2n) is 6.59. The quantitative estimate of drug-likeness (QED) is 0.529. The molecule has 20 heavy (non-hydrogen) atoms. The molecule has 110 valence electrons. The van der Waals surface area contributed by atoms with Gasteiger partial charge in [-0.25, -0.2) is 0 Å². The number of esters is 1. The van der Waals surface area contributed by atoms with Crippen molar-refractivity contribution in [2.24, 2.45) is 11.8 Å². The van der Waals surface area contributed by atoms with E-state index in [4.69, 9.17) is 9.47 Å². The molecular weight excluding hydrogens is 260 g/mol. The van der Waals surface area contributed by atoms with Crippen LogP contribution in [0.4, 0.5) is 0 Å². The first-order valence-corrected chi connectivity index (χ1v) is 7.09. The third-order valence-electron chi connectivity index (χ3n) is 4.91. The molecule has 3 aliphatic rings. The largest absolute Gasteiger partial charge is 0.459 e. The Kier molecular flexibility index (Phi) is 2.86. The summed E-state index contributed by atoms with van der Waals surface area (Å²) in [5, 5.41) is 10.3. The van der Waals surface area contributed by atoms with Crippen molar-refractivity contribution in [3.8, 4) is 0 Å². The summed E-state index contributed by atoms with van der Waals surface area (Å²) in [7, 11) is 0. The van der Waals surface area contributed by atoms with Gasteiger partial charge >= 0.3 is 5.97 Å². The molecule has 0 spiro atoms. The van der Waals surface area contributed by atoms with Crippen LogP contribution in [-0.4, -0.2) is 40.3 Å². The molecule has 0 aromatic carbocycles. The number of hydrogen-bond donors (Lipinski definition) is 1. The third-order valence-corrected chi connectivity index (χ3v) is 4.91. The third kappa shape index (κ3) is 2.00. The fourth-order valence-corrected chi connectivity index (χ4v) is 3.26. The Morgan fingerprint density at radius 1 is 1.35 bits per heavy atom. The predicted molar refractivity (Wildman–Crippen MR) is 69.8 cm³/mol. The van der Waals surface area contributed by atoms with Crippen LogP contribution in [-0.2, 0) is 19.1 Å². The van der Waals surface area contributed by atoms with Crippen LogP contribution in [0, 0.1) is 11.8 Å². The van der Waals surface area contributed by atoms with Gasteiger partial charge in [0.15, 0.2) is 11.4 Å². The van der Waals surface area contributed by atoms with E-state index in [1.165, 1.54) is 12.2 Å². The van der Waals surface area contributed by atoms with Gasteiger partial charge in [-0.1, -0.05) is 6.92 Å². The lowest BCUT2D eigenvalue weighted by atomic mass is 9.80. The average Bonchev–Trinajstić information content (AvgIpc) is 2.98. The summed E-state index contributed by atoms with van der Waals surface area (Å²) in [6.45, 7) is 5.22. The first-order chi connectivity index (χ1) is 9.24. The van der Waals surface area contributed by atoms with Crippen LogP contribution in [0.15, 0.2) is 12.2 Å². The zero-order valence-electron chi connectivity index (χ0n) is 12.0. The molecular formula is C15H20O5. The lowest BCUT2D eigenvalue weighted by Gasteiger charge is -2.25. The molecule has 0 radical (unpaired) electrons. The van der Waals surface area contributed by atoms with Crippen LogP contribution in [0.25, 0.3) is 0 Å². The summed E-state index contributed by atoms with van der Waals surface area (Å²) in [5.41, 5.74) is -1.97. The molecule has 0 amide bonds. The Morgan fingerprint density at radius 2 is 2.05 bits per heavy atom. The summed E-state index contributed by atoms with van der Waals surface area (Å²) in [4.78, 5) is 24.0. The van der Waals surface area contributed by atoms with Crippen molar-refractivity contribution in [3.05, 3.63) is 12.2 Å². The first kappa shape index (κ1) is 13.8. The van der Waals surface area contributed by atoms with Gasteiger partial charge in [0, 0.05) is 5.92 Å². The highest BCUT2D eigenvalue weighted by Gasteiger charge is 2.66. The van der Waals surface area contributed by atoms with Gasteiger partial charge in [-0.3, -0.25) is 9.59 Å². The molecule has 0 saturated carbocycles. The normalized spacial score (nSPS) is 52.8. The van der Waals surface area contributed by atoms with E-state index in [-0.39, 0.29) is 35.8 Å². The van der Waals surface area contributed by atoms with Crippen molar-refractivity contribution in [3.63, 3.8) is 0 Å². The van der Waals surface area contributed by atoms with Crippen molar-refractivity contribution in [1.29, 1.82) is 0 Å². The fourth-order valence-electron chi connectivity index (χ4n) is 3.26. The molecule has 5 nitrogen and oxygen atoms in total. The van der Waals surface area contributed by atoms with Crippen LogP contribution in [0.2, 0.25) is 0 Å². The fraction of sp³-hybridized carbons (Fsp3) is 0.733. The lowest BCUT2D eigenvalue weighted by molar-refractivity contribution is -0.144. The van der Waals surface area contributed by atoms with Gasteiger partial charge in [-0.2, -0.15) is 0 Å². The van der Waals surface area contributed by atoms with E-state index in [0.29, 0.717) is 12.8 Å². The molecule has 0 aromatic rings. The Hall–Kier alpha value is -1.20. The Balaban J connectivity index is 1.94. The Bertz CT molecular complexity index is 494. The Morgan fingerprint density at radius 3 is 2.75 bits per heavy atom. The van der Waals surface area contributed by atoms with E-state index in [2.05, 4.69) is 0 Å². The highest BCUT2D eigenvalue weighted by atomic mass is 16.7. The highest BCUT2D eigenvalue weighted by molar-refractivity contribution is 5.99. The van der Waals surface area contributed by atoms with Crippen LogP contribution < -0.4 is 0 Å². The molecule has 1 aliphatic carbocycles. The van der Waals surface area contributed by atoms with Gasteiger partial charge in [0.05, 0.1) is 11.5 Å². The first-order valence-electron chi connectivity index (χ1n) is 7.09. The summed E-state index contributed by atoms with van der Waals surface area (Å²) < 4.78 is 11.0. The van der Waals surface area contributed by atoms with E-state index in [1.807, 2.05) is 6.92 Å². The van der Waals surface area contributed by atoms with Crippen molar-refractivity contribution in [1.82, 2.24) is 0 Å². The van der Waals surface area contributed by atoms with Crippen molar-refractivity contribution in [2.45, 2.75) is 57.0 Å². The average molecular weight is 280 g/mol. The number of aliphatic hydroxyl groups is 1. The topological polar surface area (TPSA) is 76.1 Å². The van der Waals surface area contributed by atoms with Crippen LogP contribution in [0.5, 0.6) is 0 Å². The van der Waals surface area contributed by atoms with Crippen LogP contribution >= 0.6 is 0 Å². The van der Waals surface area contributed by atoms with Crippen molar-refractivity contribution >= 4 is 11.8 Å². The van der Waals surface area contributed by atoms with Crippen LogP contribution in [0.3, 0.4) is 0 Å². The van der Waals surface area contributed by atoms with Crippen LogP contribution in [0.1, 0.15) is 33.6 Å². The standard InChI is InChI=1S/C15H20O5/c1-8-9-4-6-14(2,18)7-5-10(16)15(3)12(20-15)11(9)19-13(8)17/h5,7-9,11-12,18H,4,6H2,1-3H3/b7-5+/t8-,9+,11-,12-,14-,15?/m1/s1. The number of carbonyl (C=O) groups excluding carboxylic acids is 2. The smallest absolute Gasteiger partial charge is 0.309 e. The molecule has 0 bridgehead atoms. The molecule has 2 saturated heterocycles. The zero-order chi connectivity index (χ0) is 14.7. The number of ketones is 1. The molecule has 2 aliphatic heterocycles. The Labute approximate surface area is 117 Å². The minimum Gasteiger partial charge on any atom is -0.459 e. The van der Waals surface area contributed by atoms with Crippen molar-refractivity contribution in [2.75, 3.05) is 0 Å². The summed E-state index contributed by atoms with van der Waals surface area (Å²) in [6.07, 6.45) is 3.33. The molecule has 0 aromatic heterocycles. The molecule has 3 rings (SSSR count). The number of hydrogen-bond acceptors (Lipinski definition) is 5. The summed E-state index contributed by atoms with van der Waals surface area (Å²) in [5.74, 6) is -0.654. The molecule has 1 N–H and O–H groups in total. The van der Waals surface area contributed by atoms with E-state index >= 15 is 0 Å². The maximum atomic E-state index is 12.2. The number of fused-ring (bicyclic) bond motifs is 3. The summed E-state index contributed by atoms with van der Waals surface area (Å²) in [6, 6.07) is 0. The highest BCUT2D eigenvalue weighted by Crippen LogP contribution is 2.48. The predicted octanol–water partition coefficient (Wildman–Crippen LogP) is 0.992. The second-order valence-corrected chi connectivity index (χ2v) is 6.59. The van der Waals surface area contributed by atoms with E-state index in [0.717, 1.165) is 0 Å². The molecule has 1 unspecified atom stereocenters. The van der Waals surface area contributed by atoms with E-state index in [9.17, 15) is 14.7 Å². The number of epoxide rings is 1. The molecule has 6 atom stereocenters. The van der Waals surface area contributed by atoms with Gasteiger partial charge in [0.25, 0.3) is 0 Å². The zero-order valence-corrected chi connectivity index (χ0v) is 12.0. The van der Waals surface area contributed by atoms with Gasteiger partial charge < -0.3 is 14.6 Å². The van der Waals surface area contributed by atoms with Crippen molar-refractivity contribution < 1.29 is 24.2 Å². The minimum atomic E-state index is -1.05. The number of carbonyl (C=O) groups is 2. The maximum absolute atomic E-state index is 12.2. The van der Waals surface area contributed by atoms with E-state index in [1.54, 1.807) is 13.8 Å². The monoisotopic (exact) mass is 280 g/mol. The number of ether oxygens (including phenoxy) is 2. The van der Waals surface area contributed by atoms with Gasteiger partial charge in [-0.15, -0.1) is 0 Å². The van der Waals surface area contributed by atoms with Gasteiger partial charge in [0.1, 0.15) is 12.2 Å².